The predicted molar refractivity (Wildman–Crippen MR) is 91.8 cm³/mol. The summed E-state index contributed by atoms with van der Waals surface area (Å²) in [6.07, 6.45) is -1.48. The summed E-state index contributed by atoms with van der Waals surface area (Å²) in [5.41, 5.74) is 5.42. The summed E-state index contributed by atoms with van der Waals surface area (Å²) in [5, 5.41) is 32.5. The summed E-state index contributed by atoms with van der Waals surface area (Å²) in [5.74, 6) is -7.32. The molecule has 0 aromatic rings. The van der Waals surface area contributed by atoms with Crippen LogP contribution in [0.2, 0.25) is 0 Å². The van der Waals surface area contributed by atoms with Crippen LogP contribution in [0.25, 0.3) is 0 Å². The van der Waals surface area contributed by atoms with Gasteiger partial charge in [-0.15, -0.1) is 0 Å². The molecule has 0 rings (SSSR count). The first kappa shape index (κ1) is 24.8. The van der Waals surface area contributed by atoms with Gasteiger partial charge in [-0.05, 0) is 5.92 Å². The van der Waals surface area contributed by atoms with Crippen LogP contribution in [0.15, 0.2) is 0 Å². The Balaban J connectivity index is 4.78. The molecule has 0 saturated heterocycles. The van der Waals surface area contributed by atoms with E-state index in [1.54, 1.807) is 13.8 Å². The van der Waals surface area contributed by atoms with E-state index in [2.05, 4.69) is 10.6 Å². The maximum Gasteiger partial charge on any atom is 0.326 e. The molecule has 3 unspecified atom stereocenters. The smallest absolute Gasteiger partial charge is 0.326 e. The van der Waals surface area contributed by atoms with Crippen LogP contribution in [0.1, 0.15) is 26.7 Å². The molecule has 0 aromatic heterocycles. The van der Waals surface area contributed by atoms with Gasteiger partial charge in [-0.1, -0.05) is 13.8 Å². The normalized spacial score (nSPS) is 13.7. The minimum atomic E-state index is -1.67. The first-order valence-corrected chi connectivity index (χ1v) is 8.14. The highest BCUT2D eigenvalue weighted by atomic mass is 16.4. The molecule has 0 bridgehead atoms. The van der Waals surface area contributed by atoms with E-state index in [4.69, 9.17) is 21.1 Å². The fourth-order valence-corrected chi connectivity index (χ4v) is 1.97. The number of carboxylic acid groups (broad SMARTS) is 3. The highest BCUT2D eigenvalue weighted by Crippen LogP contribution is 2.03. The summed E-state index contributed by atoms with van der Waals surface area (Å²) in [6, 6.07) is -4.17. The Morgan fingerprint density at radius 2 is 1.39 bits per heavy atom. The highest BCUT2D eigenvalue weighted by molar-refractivity contribution is 5.94. The number of nitrogens with one attached hydrogen (secondary N) is 3. The highest BCUT2D eigenvalue weighted by Gasteiger charge is 2.28. The van der Waals surface area contributed by atoms with Crippen molar-refractivity contribution < 1.29 is 44.1 Å². The second-order valence-electron chi connectivity index (χ2n) is 6.21. The molecule has 158 valence electrons. The lowest BCUT2D eigenvalue weighted by molar-refractivity contribution is -0.147. The molecule has 0 aliphatic carbocycles. The molecule has 0 aromatic carbocycles. The van der Waals surface area contributed by atoms with Crippen molar-refractivity contribution in [2.75, 3.05) is 6.54 Å². The van der Waals surface area contributed by atoms with Gasteiger partial charge in [0.2, 0.25) is 17.7 Å². The van der Waals surface area contributed by atoms with Crippen molar-refractivity contribution in [1.82, 2.24) is 16.0 Å². The maximum absolute atomic E-state index is 12.2. The van der Waals surface area contributed by atoms with E-state index in [1.807, 2.05) is 5.32 Å². The van der Waals surface area contributed by atoms with Crippen LogP contribution in [0.5, 0.6) is 0 Å². The molecule has 0 fully saturated rings. The molecule has 0 saturated carbocycles. The number of amides is 3. The van der Waals surface area contributed by atoms with Crippen molar-refractivity contribution >= 4 is 35.6 Å². The van der Waals surface area contributed by atoms with Crippen molar-refractivity contribution in [3.05, 3.63) is 0 Å². The lowest BCUT2D eigenvalue weighted by Gasteiger charge is -2.23. The molecule has 0 aliphatic rings. The third kappa shape index (κ3) is 9.47. The number of carbonyl (C=O) groups excluding carboxylic acids is 3. The number of carboxylic acids is 3. The van der Waals surface area contributed by atoms with Gasteiger partial charge in [-0.25, -0.2) is 4.79 Å². The van der Waals surface area contributed by atoms with Crippen LogP contribution in [-0.4, -0.2) is 75.6 Å². The van der Waals surface area contributed by atoms with Gasteiger partial charge in [-0.2, -0.15) is 0 Å². The Morgan fingerprint density at radius 1 is 0.857 bits per heavy atom. The van der Waals surface area contributed by atoms with Gasteiger partial charge < -0.3 is 37.0 Å². The lowest BCUT2D eigenvalue weighted by atomic mass is 10.0. The molecule has 0 heterocycles. The van der Waals surface area contributed by atoms with Crippen LogP contribution in [0.4, 0.5) is 0 Å². The van der Waals surface area contributed by atoms with Crippen molar-refractivity contribution in [1.29, 1.82) is 0 Å². The standard InChI is InChI=1S/C15H24N4O9/c1-6(2)12(19-13(25)7(16)3-10(21)22)14(26)17-5-9(20)18-8(15(27)28)4-11(23)24/h6-8,12H,3-5,16H2,1-2H3,(H,17,26)(H,18,20)(H,19,25)(H,21,22)(H,23,24)(H,27,28). The summed E-state index contributed by atoms with van der Waals surface area (Å²) >= 11 is 0. The number of hydrogen-bond donors (Lipinski definition) is 7. The zero-order valence-electron chi connectivity index (χ0n) is 15.3. The largest absolute Gasteiger partial charge is 0.481 e. The minimum Gasteiger partial charge on any atom is -0.481 e. The van der Waals surface area contributed by atoms with E-state index in [-0.39, 0.29) is 0 Å². The second kappa shape index (κ2) is 11.5. The number of rotatable bonds is 12. The van der Waals surface area contributed by atoms with Crippen LogP contribution in [0, 0.1) is 5.92 Å². The van der Waals surface area contributed by atoms with E-state index in [9.17, 15) is 28.8 Å². The fraction of sp³-hybridized carbons (Fsp3) is 0.600. The summed E-state index contributed by atoms with van der Waals surface area (Å²) in [6.45, 7) is 2.50. The van der Waals surface area contributed by atoms with Gasteiger partial charge >= 0.3 is 17.9 Å². The van der Waals surface area contributed by atoms with Gasteiger partial charge in [0.1, 0.15) is 12.1 Å². The van der Waals surface area contributed by atoms with Crippen molar-refractivity contribution in [2.45, 2.75) is 44.8 Å². The first-order chi connectivity index (χ1) is 12.8. The number of nitrogens with two attached hydrogens (primary N) is 1. The topological polar surface area (TPSA) is 225 Å². The molecule has 13 heteroatoms. The molecule has 3 atom stereocenters. The van der Waals surface area contributed by atoms with Crippen molar-refractivity contribution in [3.8, 4) is 0 Å². The van der Waals surface area contributed by atoms with E-state index in [0.717, 1.165) is 0 Å². The molecular formula is C15H24N4O9. The quantitative estimate of drug-likeness (QED) is 0.175. The lowest BCUT2D eigenvalue weighted by Crippen LogP contribution is -2.55. The van der Waals surface area contributed by atoms with Gasteiger partial charge in [0.15, 0.2) is 0 Å². The zero-order valence-corrected chi connectivity index (χ0v) is 15.3. The predicted octanol–water partition coefficient (Wildman–Crippen LogP) is -2.91. The summed E-state index contributed by atoms with van der Waals surface area (Å²) in [7, 11) is 0. The van der Waals surface area contributed by atoms with E-state index in [1.165, 1.54) is 0 Å². The van der Waals surface area contributed by atoms with Crippen LogP contribution in [-0.2, 0) is 28.8 Å². The Hall–Kier alpha value is -3.22. The monoisotopic (exact) mass is 404 g/mol. The molecule has 13 nitrogen and oxygen atoms in total. The molecule has 0 radical (unpaired) electrons. The maximum atomic E-state index is 12.2. The fourth-order valence-electron chi connectivity index (χ4n) is 1.97. The Kier molecular flexibility index (Phi) is 10.2. The zero-order chi connectivity index (χ0) is 22.0. The van der Waals surface area contributed by atoms with Crippen molar-refractivity contribution in [2.24, 2.45) is 11.7 Å². The van der Waals surface area contributed by atoms with Crippen LogP contribution >= 0.6 is 0 Å². The molecule has 3 amide bonds. The van der Waals surface area contributed by atoms with Gasteiger partial charge in [0.05, 0.1) is 25.4 Å². The third-order valence-electron chi connectivity index (χ3n) is 3.41. The van der Waals surface area contributed by atoms with Crippen LogP contribution in [0.3, 0.4) is 0 Å². The second-order valence-corrected chi connectivity index (χ2v) is 6.21. The molecule has 0 aliphatic heterocycles. The van der Waals surface area contributed by atoms with E-state index >= 15 is 0 Å². The van der Waals surface area contributed by atoms with Gasteiger partial charge in [0, 0.05) is 0 Å². The number of carbonyl (C=O) groups is 6. The van der Waals surface area contributed by atoms with Crippen molar-refractivity contribution in [3.63, 3.8) is 0 Å². The van der Waals surface area contributed by atoms with E-state index < -0.39 is 79.1 Å². The minimum absolute atomic E-state index is 0.442. The van der Waals surface area contributed by atoms with Gasteiger partial charge in [0.25, 0.3) is 0 Å². The Labute approximate surface area is 159 Å². The molecule has 28 heavy (non-hydrogen) atoms. The molecule has 0 spiro atoms. The average molecular weight is 404 g/mol. The average Bonchev–Trinajstić information content (AvgIpc) is 2.55. The SMILES string of the molecule is CC(C)C(NC(=O)C(N)CC(=O)O)C(=O)NCC(=O)NC(CC(=O)O)C(=O)O. The molecule has 8 N–H and O–H groups in total. The molecular weight excluding hydrogens is 380 g/mol. The summed E-state index contributed by atoms with van der Waals surface area (Å²) in [4.78, 5) is 67.9. The number of aliphatic carboxylic acids is 3. The van der Waals surface area contributed by atoms with Crippen LogP contribution < -0.4 is 21.7 Å². The Bertz CT molecular complexity index is 635. The number of hydrogen-bond acceptors (Lipinski definition) is 7. The third-order valence-corrected chi connectivity index (χ3v) is 3.41. The first-order valence-electron chi connectivity index (χ1n) is 8.14. The van der Waals surface area contributed by atoms with Gasteiger partial charge in [-0.3, -0.25) is 24.0 Å². The van der Waals surface area contributed by atoms with E-state index in [0.29, 0.717) is 0 Å². The Morgan fingerprint density at radius 3 is 1.82 bits per heavy atom. The summed E-state index contributed by atoms with van der Waals surface area (Å²) < 4.78 is 0.